The zero-order valence-corrected chi connectivity index (χ0v) is 11.2. The summed E-state index contributed by atoms with van der Waals surface area (Å²) in [6, 6.07) is 4.86. The summed E-state index contributed by atoms with van der Waals surface area (Å²) in [5.41, 5.74) is 6.69. The number of nitro groups is 1. The molecule has 1 aromatic carbocycles. The van der Waals surface area contributed by atoms with Crippen LogP contribution in [0.5, 0.6) is 0 Å². The van der Waals surface area contributed by atoms with Gasteiger partial charge in [0.15, 0.2) is 0 Å². The molecule has 1 aromatic rings. The molecule has 0 heterocycles. The molecule has 1 aliphatic carbocycles. The maximum Gasteiger partial charge on any atom is 0.292 e. The Kier molecular flexibility index (Phi) is 4.37. The van der Waals surface area contributed by atoms with Gasteiger partial charge in [0, 0.05) is 11.6 Å². The van der Waals surface area contributed by atoms with Crippen molar-refractivity contribution >= 4 is 11.4 Å². The second-order valence-corrected chi connectivity index (χ2v) is 5.22. The van der Waals surface area contributed by atoms with Crippen LogP contribution in [-0.2, 0) is 11.3 Å². The van der Waals surface area contributed by atoms with Crippen molar-refractivity contribution in [2.24, 2.45) is 5.92 Å². The summed E-state index contributed by atoms with van der Waals surface area (Å²) in [5.74, 6) is 0.550. The number of nitro benzene ring substituents is 1. The summed E-state index contributed by atoms with van der Waals surface area (Å²) in [5, 5.41) is 10.8. The van der Waals surface area contributed by atoms with Crippen molar-refractivity contribution in [1.82, 2.24) is 0 Å². The van der Waals surface area contributed by atoms with Crippen LogP contribution in [-0.4, -0.2) is 11.0 Å². The number of para-hydroxylation sites is 1. The van der Waals surface area contributed by atoms with Crippen LogP contribution in [0.15, 0.2) is 18.2 Å². The number of hydrogen-bond acceptors (Lipinski definition) is 4. The Morgan fingerprint density at radius 1 is 1.42 bits per heavy atom. The molecule has 5 heteroatoms. The molecule has 0 spiro atoms. The summed E-state index contributed by atoms with van der Waals surface area (Å²) in [6.45, 7) is 2.54. The summed E-state index contributed by atoms with van der Waals surface area (Å²) in [6.07, 6.45) is 4.96. The predicted molar refractivity (Wildman–Crippen MR) is 73.7 cm³/mol. The van der Waals surface area contributed by atoms with E-state index in [1.54, 1.807) is 12.1 Å². The summed E-state index contributed by atoms with van der Waals surface area (Å²) < 4.78 is 5.89. The van der Waals surface area contributed by atoms with Crippen LogP contribution in [0.3, 0.4) is 0 Å². The third-order valence-corrected chi connectivity index (χ3v) is 3.86. The number of nitrogens with two attached hydrogens (primary N) is 1. The van der Waals surface area contributed by atoms with Crippen LogP contribution in [0.1, 0.15) is 38.2 Å². The van der Waals surface area contributed by atoms with Gasteiger partial charge >= 0.3 is 0 Å². The number of anilines is 1. The van der Waals surface area contributed by atoms with Crippen LogP contribution in [0.4, 0.5) is 11.4 Å². The first kappa shape index (κ1) is 13.8. The SMILES string of the molecule is CC1CCCCC1OCc1cccc([N+](=O)[O-])c1N. The Morgan fingerprint density at radius 2 is 2.16 bits per heavy atom. The van der Waals surface area contributed by atoms with Gasteiger partial charge in [0.2, 0.25) is 0 Å². The van der Waals surface area contributed by atoms with Crippen LogP contribution >= 0.6 is 0 Å². The lowest BCUT2D eigenvalue weighted by Gasteiger charge is -2.28. The molecule has 0 saturated heterocycles. The maximum absolute atomic E-state index is 10.8. The average Bonchev–Trinajstić information content (AvgIpc) is 2.39. The van der Waals surface area contributed by atoms with Gasteiger partial charge in [-0.15, -0.1) is 0 Å². The third kappa shape index (κ3) is 3.23. The van der Waals surface area contributed by atoms with Gasteiger partial charge in [-0.1, -0.05) is 31.9 Å². The number of rotatable bonds is 4. The maximum atomic E-state index is 10.8. The number of nitrogens with zero attached hydrogens (tertiary/aromatic N) is 1. The fourth-order valence-electron chi connectivity index (χ4n) is 2.61. The smallest absolute Gasteiger partial charge is 0.292 e. The molecule has 0 aliphatic heterocycles. The van der Waals surface area contributed by atoms with E-state index in [1.807, 2.05) is 0 Å². The van der Waals surface area contributed by atoms with E-state index in [-0.39, 0.29) is 17.5 Å². The molecule has 0 radical (unpaired) electrons. The number of benzene rings is 1. The van der Waals surface area contributed by atoms with E-state index in [0.717, 1.165) is 6.42 Å². The lowest BCUT2D eigenvalue weighted by atomic mass is 9.88. The van der Waals surface area contributed by atoms with Crippen molar-refractivity contribution in [3.63, 3.8) is 0 Å². The highest BCUT2D eigenvalue weighted by Gasteiger charge is 2.22. The van der Waals surface area contributed by atoms with Crippen LogP contribution in [0, 0.1) is 16.0 Å². The van der Waals surface area contributed by atoms with Gasteiger partial charge in [0.25, 0.3) is 5.69 Å². The topological polar surface area (TPSA) is 78.4 Å². The first-order valence-electron chi connectivity index (χ1n) is 6.73. The Hall–Kier alpha value is -1.62. The first-order chi connectivity index (χ1) is 9.09. The number of hydrogen-bond donors (Lipinski definition) is 1. The quantitative estimate of drug-likeness (QED) is 0.514. The predicted octanol–water partition coefficient (Wildman–Crippen LogP) is 3.27. The van der Waals surface area contributed by atoms with E-state index in [9.17, 15) is 10.1 Å². The van der Waals surface area contributed by atoms with Crippen molar-refractivity contribution in [2.75, 3.05) is 5.73 Å². The van der Waals surface area contributed by atoms with Gasteiger partial charge in [-0.3, -0.25) is 10.1 Å². The molecule has 1 aliphatic rings. The largest absolute Gasteiger partial charge is 0.393 e. The van der Waals surface area contributed by atoms with Crippen LogP contribution in [0.25, 0.3) is 0 Å². The zero-order valence-electron chi connectivity index (χ0n) is 11.2. The van der Waals surface area contributed by atoms with Crippen LogP contribution < -0.4 is 5.73 Å². The average molecular weight is 264 g/mol. The summed E-state index contributed by atoms with van der Waals surface area (Å²) >= 11 is 0. The van der Waals surface area contributed by atoms with E-state index in [1.165, 1.54) is 25.3 Å². The molecule has 2 rings (SSSR count). The Balaban J connectivity index is 2.03. The van der Waals surface area contributed by atoms with E-state index in [4.69, 9.17) is 10.5 Å². The van der Waals surface area contributed by atoms with Crippen molar-refractivity contribution < 1.29 is 9.66 Å². The minimum atomic E-state index is -0.456. The van der Waals surface area contributed by atoms with E-state index >= 15 is 0 Å². The summed E-state index contributed by atoms with van der Waals surface area (Å²) in [7, 11) is 0. The molecule has 5 nitrogen and oxygen atoms in total. The molecular formula is C14H20N2O3. The molecule has 19 heavy (non-hydrogen) atoms. The fraction of sp³-hybridized carbons (Fsp3) is 0.571. The van der Waals surface area contributed by atoms with E-state index in [0.29, 0.717) is 18.1 Å². The lowest BCUT2D eigenvalue weighted by Crippen LogP contribution is -2.25. The van der Waals surface area contributed by atoms with Gasteiger partial charge in [0.1, 0.15) is 5.69 Å². The molecule has 0 aromatic heterocycles. The Morgan fingerprint density at radius 3 is 2.84 bits per heavy atom. The van der Waals surface area contributed by atoms with E-state index < -0.39 is 4.92 Å². The minimum Gasteiger partial charge on any atom is -0.393 e. The number of ether oxygens (including phenoxy) is 1. The Bertz CT molecular complexity index is 462. The Labute approximate surface area is 112 Å². The van der Waals surface area contributed by atoms with Gasteiger partial charge in [-0.25, -0.2) is 0 Å². The number of nitrogen functional groups attached to an aromatic ring is 1. The van der Waals surface area contributed by atoms with Crippen molar-refractivity contribution in [1.29, 1.82) is 0 Å². The fourth-order valence-corrected chi connectivity index (χ4v) is 2.61. The molecule has 1 saturated carbocycles. The monoisotopic (exact) mass is 264 g/mol. The molecule has 104 valence electrons. The van der Waals surface area contributed by atoms with Crippen LogP contribution in [0.2, 0.25) is 0 Å². The minimum absolute atomic E-state index is 0.0437. The van der Waals surface area contributed by atoms with E-state index in [2.05, 4.69) is 6.92 Å². The highest BCUT2D eigenvalue weighted by molar-refractivity contribution is 5.62. The molecule has 2 atom stereocenters. The lowest BCUT2D eigenvalue weighted by molar-refractivity contribution is -0.384. The molecule has 0 amide bonds. The van der Waals surface area contributed by atoms with Crippen molar-refractivity contribution in [3.8, 4) is 0 Å². The summed E-state index contributed by atoms with van der Waals surface area (Å²) in [4.78, 5) is 10.4. The zero-order chi connectivity index (χ0) is 13.8. The highest BCUT2D eigenvalue weighted by Crippen LogP contribution is 2.29. The molecule has 1 fully saturated rings. The third-order valence-electron chi connectivity index (χ3n) is 3.86. The van der Waals surface area contributed by atoms with Crippen molar-refractivity contribution in [2.45, 2.75) is 45.3 Å². The molecule has 2 unspecified atom stereocenters. The first-order valence-corrected chi connectivity index (χ1v) is 6.73. The second-order valence-electron chi connectivity index (χ2n) is 5.22. The van der Waals surface area contributed by atoms with Crippen molar-refractivity contribution in [3.05, 3.63) is 33.9 Å². The van der Waals surface area contributed by atoms with Gasteiger partial charge in [-0.2, -0.15) is 0 Å². The van der Waals surface area contributed by atoms with Gasteiger partial charge < -0.3 is 10.5 Å². The molecule has 2 N–H and O–H groups in total. The van der Waals surface area contributed by atoms with Gasteiger partial charge in [-0.05, 0) is 18.8 Å². The standard InChI is InChI=1S/C14H20N2O3/c1-10-5-2-3-8-13(10)19-9-11-6-4-7-12(14(11)15)16(17)18/h4,6-7,10,13H,2-3,5,8-9,15H2,1H3. The molecular weight excluding hydrogens is 244 g/mol. The molecule has 0 bridgehead atoms. The normalized spacial score (nSPS) is 23.2. The highest BCUT2D eigenvalue weighted by atomic mass is 16.6. The van der Waals surface area contributed by atoms with Gasteiger partial charge in [0.05, 0.1) is 17.6 Å². The second kappa shape index (κ2) is 6.02.